The van der Waals surface area contributed by atoms with Crippen molar-refractivity contribution in [1.82, 2.24) is 25.4 Å². The first-order valence-electron chi connectivity index (χ1n) is 18.0. The van der Waals surface area contributed by atoms with E-state index in [1.165, 1.54) is 23.2 Å². The van der Waals surface area contributed by atoms with Crippen molar-refractivity contribution < 1.29 is 34.0 Å². The van der Waals surface area contributed by atoms with Crippen molar-refractivity contribution >= 4 is 64.5 Å². The van der Waals surface area contributed by atoms with Crippen molar-refractivity contribution in [2.24, 2.45) is 0 Å². The van der Waals surface area contributed by atoms with Gasteiger partial charge < -0.3 is 46.1 Å². The third-order valence-corrected chi connectivity index (χ3v) is 9.24. The Balaban J connectivity index is 0.979. The molecule has 0 radical (unpaired) electrons. The number of carbonyl (C=O) groups excluding carboxylic acids is 5. The Labute approximate surface area is 308 Å². The topological polar surface area (TPSA) is 196 Å². The number of benzene rings is 3. The van der Waals surface area contributed by atoms with Gasteiger partial charge in [0, 0.05) is 61.6 Å². The molecule has 1 aliphatic rings. The smallest absolute Gasteiger partial charge is 0.423 e. The number of nitrogens with zero attached hydrogens (tertiary/aromatic N) is 2. The van der Waals surface area contributed by atoms with Crippen molar-refractivity contribution in [3.8, 4) is 0 Å². The van der Waals surface area contributed by atoms with E-state index < -0.39 is 18.8 Å². The van der Waals surface area contributed by atoms with Crippen molar-refractivity contribution in [3.05, 3.63) is 90.1 Å². The Morgan fingerprint density at radius 1 is 0.774 bits per heavy atom. The van der Waals surface area contributed by atoms with Crippen LogP contribution in [0.25, 0.3) is 10.9 Å². The molecule has 0 saturated carbocycles. The number of aromatic amines is 1. The largest absolute Gasteiger partial charge is 0.488 e. The summed E-state index contributed by atoms with van der Waals surface area (Å²) < 4.78 is 0. The first-order chi connectivity index (χ1) is 25.6. The second kappa shape index (κ2) is 18.7. The number of rotatable bonds is 15. The van der Waals surface area contributed by atoms with Gasteiger partial charge in [0.1, 0.15) is 0 Å². The highest BCUT2D eigenvalue weighted by Crippen LogP contribution is 2.27. The zero-order chi connectivity index (χ0) is 37.7. The van der Waals surface area contributed by atoms with E-state index in [4.69, 9.17) is 10.0 Å². The summed E-state index contributed by atoms with van der Waals surface area (Å²) >= 11 is 0. The normalized spacial score (nSPS) is 14.1. The average molecular weight is 724 g/mol. The molecule has 3 aromatic carbocycles. The molecule has 1 atom stereocenters. The van der Waals surface area contributed by atoms with Crippen molar-refractivity contribution in [2.45, 2.75) is 51.5 Å². The molecule has 5 rings (SSSR count). The quantitative estimate of drug-likeness (QED) is 0.0420. The van der Waals surface area contributed by atoms with E-state index >= 15 is 0 Å². The lowest BCUT2D eigenvalue weighted by molar-refractivity contribution is -0.130. The number of hydrogen-bond acceptors (Lipinski definition) is 7. The molecule has 1 aliphatic heterocycles. The molecule has 15 heteroatoms. The fourth-order valence-electron chi connectivity index (χ4n) is 6.34. The van der Waals surface area contributed by atoms with Gasteiger partial charge in [-0.25, -0.2) is 9.59 Å². The van der Waals surface area contributed by atoms with E-state index in [1.807, 2.05) is 25.1 Å². The van der Waals surface area contributed by atoms with Crippen LogP contribution in [-0.2, 0) is 4.79 Å². The molecule has 4 aromatic rings. The highest BCUT2D eigenvalue weighted by atomic mass is 16.4. The lowest BCUT2D eigenvalue weighted by Crippen LogP contribution is -2.56. The summed E-state index contributed by atoms with van der Waals surface area (Å²) in [6, 6.07) is 19.4. The van der Waals surface area contributed by atoms with Crippen LogP contribution in [0.3, 0.4) is 0 Å². The number of H-pyrrole nitrogens is 1. The van der Waals surface area contributed by atoms with Crippen molar-refractivity contribution in [3.63, 3.8) is 0 Å². The molecule has 1 aromatic heterocycles. The van der Waals surface area contributed by atoms with E-state index in [-0.39, 0.29) is 36.1 Å². The Morgan fingerprint density at radius 2 is 1.42 bits per heavy atom. The zero-order valence-corrected chi connectivity index (χ0v) is 29.8. The Kier molecular flexibility index (Phi) is 13.6. The number of urea groups is 2. The second-order valence-electron chi connectivity index (χ2n) is 13.1. The van der Waals surface area contributed by atoms with Gasteiger partial charge in [-0.2, -0.15) is 0 Å². The maximum atomic E-state index is 13.4. The minimum Gasteiger partial charge on any atom is -0.423 e. The SMILES string of the molecule is CC1CN(C(=O)c2ccccc2)CCN1C(=O)C(=O)c1c[nH]c2c(NC(=O)NCCCCCCCCNC(=O)Nc3ccc(B(O)O)cc3)cccc12. The van der Waals surface area contributed by atoms with Crippen LogP contribution in [-0.4, -0.2) is 100 Å². The molecule has 1 unspecified atom stereocenters. The Bertz CT molecular complexity index is 1880. The van der Waals surface area contributed by atoms with Crippen LogP contribution < -0.4 is 26.7 Å². The number of fused-ring (bicyclic) bond motifs is 1. The summed E-state index contributed by atoms with van der Waals surface area (Å²) in [6.07, 6.45) is 7.03. The summed E-state index contributed by atoms with van der Waals surface area (Å²) in [7, 11) is -1.55. The van der Waals surface area contributed by atoms with Crippen LogP contribution >= 0.6 is 0 Å². The summed E-state index contributed by atoms with van der Waals surface area (Å²) in [4.78, 5) is 70.7. The summed E-state index contributed by atoms with van der Waals surface area (Å²) in [5, 5.41) is 30.0. The van der Waals surface area contributed by atoms with Gasteiger partial charge in [0.15, 0.2) is 0 Å². The number of Topliss-reactive ketones (excluding diaryl/α,β-unsaturated/α-hetero) is 1. The number of piperazine rings is 1. The number of anilines is 2. The minimum absolute atomic E-state index is 0.106. The molecular formula is C38H46BN7O7. The van der Waals surface area contributed by atoms with E-state index in [0.717, 1.165) is 38.5 Å². The van der Waals surface area contributed by atoms with Gasteiger partial charge >= 0.3 is 19.2 Å². The number of aromatic nitrogens is 1. The van der Waals surface area contributed by atoms with Crippen LogP contribution in [0.4, 0.5) is 21.0 Å². The lowest BCUT2D eigenvalue weighted by atomic mass is 9.80. The van der Waals surface area contributed by atoms with Gasteiger partial charge in [0.2, 0.25) is 0 Å². The maximum Gasteiger partial charge on any atom is 0.488 e. The summed E-state index contributed by atoms with van der Waals surface area (Å²) in [5.41, 5.74) is 2.72. The average Bonchev–Trinajstić information content (AvgIpc) is 3.60. The first kappa shape index (κ1) is 38.6. The Morgan fingerprint density at radius 3 is 2.06 bits per heavy atom. The van der Waals surface area contributed by atoms with Crippen molar-refractivity contribution in [2.75, 3.05) is 43.4 Å². The third kappa shape index (κ3) is 10.5. The van der Waals surface area contributed by atoms with E-state index in [1.54, 1.807) is 47.4 Å². The molecule has 278 valence electrons. The number of hydrogen-bond donors (Lipinski definition) is 7. The van der Waals surface area contributed by atoms with Crippen molar-refractivity contribution in [1.29, 1.82) is 0 Å². The van der Waals surface area contributed by atoms with Crippen LogP contribution in [0.2, 0.25) is 0 Å². The predicted molar refractivity (Wildman–Crippen MR) is 204 cm³/mol. The predicted octanol–water partition coefficient (Wildman–Crippen LogP) is 3.69. The highest BCUT2D eigenvalue weighted by Gasteiger charge is 2.34. The van der Waals surface area contributed by atoms with Gasteiger partial charge in [-0.15, -0.1) is 0 Å². The number of ketones is 1. The van der Waals surface area contributed by atoms with Gasteiger partial charge in [-0.05, 0) is 55.6 Å². The van der Waals surface area contributed by atoms with Gasteiger partial charge in [0.05, 0.1) is 16.8 Å². The summed E-state index contributed by atoms with van der Waals surface area (Å²) in [5.74, 6) is -1.39. The molecule has 1 saturated heterocycles. The van der Waals surface area contributed by atoms with Crippen LogP contribution in [0.15, 0.2) is 79.0 Å². The van der Waals surface area contributed by atoms with Crippen LogP contribution in [0, 0.1) is 0 Å². The van der Waals surface area contributed by atoms with Gasteiger partial charge in [-0.1, -0.05) is 68.1 Å². The monoisotopic (exact) mass is 723 g/mol. The fourth-order valence-corrected chi connectivity index (χ4v) is 6.34. The number of carbonyl (C=O) groups is 5. The van der Waals surface area contributed by atoms with Gasteiger partial charge in [-0.3, -0.25) is 14.4 Å². The summed E-state index contributed by atoms with van der Waals surface area (Å²) in [6.45, 7) is 3.75. The minimum atomic E-state index is -1.55. The Hall–Kier alpha value is -5.67. The van der Waals surface area contributed by atoms with E-state index in [2.05, 4.69) is 26.3 Å². The molecule has 0 aliphatic carbocycles. The molecule has 53 heavy (non-hydrogen) atoms. The molecule has 2 heterocycles. The third-order valence-electron chi connectivity index (χ3n) is 9.24. The molecule has 14 nitrogen and oxygen atoms in total. The van der Waals surface area contributed by atoms with Gasteiger partial charge in [0.25, 0.3) is 17.6 Å². The standard InChI is InChI=1S/C38H46BN7O7/c1-26-25-45(35(48)27-12-7-6-8-13-27)22-23-46(26)36(49)34(47)31-24-42-33-30(31)14-11-15-32(33)44-38(51)41-21-10-5-3-2-4-9-20-40-37(50)43-29-18-16-28(17-19-29)39(52)53/h6-8,11-19,24,26,42,52-53H,2-5,9-10,20-23,25H2,1H3,(H2,40,43,50)(H2,41,44,51). The molecular weight excluding hydrogens is 677 g/mol. The zero-order valence-electron chi connectivity index (χ0n) is 29.8. The number of para-hydroxylation sites is 1. The fraction of sp³-hybridized carbons (Fsp3) is 0.342. The first-order valence-corrected chi connectivity index (χ1v) is 18.0. The second-order valence-corrected chi connectivity index (χ2v) is 13.1. The maximum absolute atomic E-state index is 13.4. The van der Waals surface area contributed by atoms with Crippen LogP contribution in [0.5, 0.6) is 0 Å². The molecule has 0 bridgehead atoms. The van der Waals surface area contributed by atoms with E-state index in [9.17, 15) is 24.0 Å². The van der Waals surface area contributed by atoms with E-state index in [0.29, 0.717) is 59.5 Å². The number of unbranched alkanes of at least 4 members (excludes halogenated alkanes) is 5. The number of nitrogens with one attached hydrogen (secondary N) is 5. The highest BCUT2D eigenvalue weighted by molar-refractivity contribution is 6.58. The molecule has 7 N–H and O–H groups in total. The molecule has 1 fully saturated rings. The molecule has 6 amide bonds. The van der Waals surface area contributed by atoms with Crippen LogP contribution in [0.1, 0.15) is 66.2 Å². The number of amides is 6. The molecule has 0 spiro atoms. The lowest BCUT2D eigenvalue weighted by Gasteiger charge is -2.39.